The molecule has 94 valence electrons. The van der Waals surface area contributed by atoms with Crippen LogP contribution in [-0.4, -0.2) is 36.1 Å². The van der Waals surface area contributed by atoms with Gasteiger partial charge in [0.25, 0.3) is 0 Å². The molecule has 0 aliphatic carbocycles. The molecule has 2 aromatic heterocycles. The van der Waals surface area contributed by atoms with Crippen LogP contribution in [0.1, 0.15) is 5.82 Å². The average molecular weight is 260 g/mol. The molecule has 0 aromatic carbocycles. The highest BCUT2D eigenvalue weighted by atomic mass is 32.1. The molecule has 1 aliphatic rings. The third-order valence-corrected chi connectivity index (χ3v) is 3.93. The van der Waals surface area contributed by atoms with Crippen molar-refractivity contribution in [2.24, 2.45) is 0 Å². The minimum Gasteiger partial charge on any atom is -0.354 e. The van der Waals surface area contributed by atoms with Crippen LogP contribution in [0.4, 0.5) is 5.82 Å². The molecule has 0 spiro atoms. The maximum Gasteiger partial charge on any atom is 0.132 e. The molecule has 3 heterocycles. The van der Waals surface area contributed by atoms with Gasteiger partial charge in [-0.25, -0.2) is 9.97 Å². The second-order valence-electron chi connectivity index (χ2n) is 4.37. The number of aryl methyl sites for hydroxylation is 1. The van der Waals surface area contributed by atoms with Gasteiger partial charge < -0.3 is 10.2 Å². The number of nitrogens with zero attached hydrogens (tertiary/aromatic N) is 3. The average Bonchev–Trinajstić information content (AvgIpc) is 2.93. The van der Waals surface area contributed by atoms with E-state index in [4.69, 9.17) is 0 Å². The first kappa shape index (κ1) is 11.6. The van der Waals surface area contributed by atoms with Crippen LogP contribution in [-0.2, 0) is 0 Å². The standard InChI is InChI=1S/C13H16N4S/c1-10-15-11(12-3-2-8-18-12)9-13(16-10)17-6-4-14-5-7-17/h2-3,8-9,14H,4-7H2,1H3. The van der Waals surface area contributed by atoms with E-state index < -0.39 is 0 Å². The number of hydrogen-bond acceptors (Lipinski definition) is 5. The Bertz CT molecular complexity index is 518. The maximum absolute atomic E-state index is 4.56. The summed E-state index contributed by atoms with van der Waals surface area (Å²) in [5, 5.41) is 5.44. The molecular formula is C13H16N4S. The first-order chi connectivity index (χ1) is 8.83. The van der Waals surface area contributed by atoms with Crippen molar-refractivity contribution in [2.45, 2.75) is 6.92 Å². The van der Waals surface area contributed by atoms with Crippen LogP contribution in [0, 0.1) is 6.92 Å². The fourth-order valence-electron chi connectivity index (χ4n) is 2.16. The highest BCUT2D eigenvalue weighted by molar-refractivity contribution is 7.13. The van der Waals surface area contributed by atoms with Crippen LogP contribution in [0.3, 0.4) is 0 Å². The number of aromatic nitrogens is 2. The minimum absolute atomic E-state index is 0.842. The van der Waals surface area contributed by atoms with Crippen molar-refractivity contribution in [2.75, 3.05) is 31.1 Å². The lowest BCUT2D eigenvalue weighted by molar-refractivity contribution is 0.584. The molecule has 4 nitrogen and oxygen atoms in total. The summed E-state index contributed by atoms with van der Waals surface area (Å²) in [7, 11) is 0. The van der Waals surface area contributed by atoms with Crippen molar-refractivity contribution in [3.8, 4) is 10.6 Å². The van der Waals surface area contributed by atoms with Crippen LogP contribution < -0.4 is 10.2 Å². The quantitative estimate of drug-likeness (QED) is 0.895. The monoisotopic (exact) mass is 260 g/mol. The zero-order valence-corrected chi connectivity index (χ0v) is 11.2. The van der Waals surface area contributed by atoms with Crippen LogP contribution in [0.25, 0.3) is 10.6 Å². The molecule has 0 unspecified atom stereocenters. The van der Waals surface area contributed by atoms with E-state index in [2.05, 4.69) is 43.8 Å². The van der Waals surface area contributed by atoms with Crippen LogP contribution in [0.2, 0.25) is 0 Å². The Morgan fingerprint density at radius 1 is 1.28 bits per heavy atom. The summed E-state index contributed by atoms with van der Waals surface area (Å²) in [5.41, 5.74) is 1.03. The molecule has 1 saturated heterocycles. The number of hydrogen-bond donors (Lipinski definition) is 1. The molecule has 0 saturated carbocycles. The zero-order chi connectivity index (χ0) is 12.4. The van der Waals surface area contributed by atoms with Gasteiger partial charge in [0.15, 0.2) is 0 Å². The normalized spacial score (nSPS) is 15.9. The van der Waals surface area contributed by atoms with Gasteiger partial charge in [-0.05, 0) is 18.4 Å². The maximum atomic E-state index is 4.56. The molecule has 1 aliphatic heterocycles. The van der Waals surface area contributed by atoms with Gasteiger partial charge in [0.2, 0.25) is 0 Å². The Morgan fingerprint density at radius 2 is 2.11 bits per heavy atom. The zero-order valence-electron chi connectivity index (χ0n) is 10.4. The van der Waals surface area contributed by atoms with Gasteiger partial charge in [0.1, 0.15) is 11.6 Å². The molecule has 3 rings (SSSR count). The summed E-state index contributed by atoms with van der Waals surface area (Å²) >= 11 is 1.72. The molecule has 0 bridgehead atoms. The van der Waals surface area contributed by atoms with Gasteiger partial charge in [-0.3, -0.25) is 0 Å². The highest BCUT2D eigenvalue weighted by Gasteiger charge is 2.14. The Morgan fingerprint density at radius 3 is 2.83 bits per heavy atom. The highest BCUT2D eigenvalue weighted by Crippen LogP contribution is 2.25. The van der Waals surface area contributed by atoms with E-state index in [9.17, 15) is 0 Å². The topological polar surface area (TPSA) is 41.1 Å². The summed E-state index contributed by atoms with van der Waals surface area (Å²) in [5.74, 6) is 1.89. The summed E-state index contributed by atoms with van der Waals surface area (Å²) in [6.45, 7) is 6.04. The summed E-state index contributed by atoms with van der Waals surface area (Å²) < 4.78 is 0. The summed E-state index contributed by atoms with van der Waals surface area (Å²) in [6.07, 6.45) is 0. The number of rotatable bonds is 2. The number of thiophene rings is 1. The lowest BCUT2D eigenvalue weighted by atomic mass is 10.3. The summed E-state index contributed by atoms with van der Waals surface area (Å²) in [6, 6.07) is 6.26. The molecule has 1 N–H and O–H groups in total. The molecule has 5 heteroatoms. The molecule has 1 fully saturated rings. The molecule has 0 atom stereocenters. The van der Waals surface area contributed by atoms with Crippen molar-refractivity contribution in [3.63, 3.8) is 0 Å². The third kappa shape index (κ3) is 2.37. The van der Waals surface area contributed by atoms with Gasteiger partial charge in [-0.2, -0.15) is 0 Å². The fraction of sp³-hybridized carbons (Fsp3) is 0.385. The lowest BCUT2D eigenvalue weighted by Crippen LogP contribution is -2.44. The summed E-state index contributed by atoms with van der Waals surface area (Å²) in [4.78, 5) is 12.6. The molecule has 2 aromatic rings. The predicted molar refractivity (Wildman–Crippen MR) is 75.2 cm³/mol. The van der Waals surface area contributed by atoms with Crippen LogP contribution in [0.5, 0.6) is 0 Å². The molecule has 0 radical (unpaired) electrons. The number of anilines is 1. The van der Waals surface area contributed by atoms with Crippen LogP contribution in [0.15, 0.2) is 23.6 Å². The van der Waals surface area contributed by atoms with Crippen LogP contribution >= 0.6 is 11.3 Å². The van der Waals surface area contributed by atoms with E-state index in [1.54, 1.807) is 11.3 Å². The van der Waals surface area contributed by atoms with Gasteiger partial charge in [0, 0.05) is 32.2 Å². The third-order valence-electron chi connectivity index (χ3n) is 3.04. The first-order valence-electron chi connectivity index (χ1n) is 6.18. The Balaban J connectivity index is 1.95. The second kappa shape index (κ2) is 5.04. The largest absolute Gasteiger partial charge is 0.354 e. The molecule has 0 amide bonds. The lowest BCUT2D eigenvalue weighted by Gasteiger charge is -2.28. The van der Waals surface area contributed by atoms with Crippen molar-refractivity contribution < 1.29 is 0 Å². The van der Waals surface area contributed by atoms with Gasteiger partial charge in [-0.15, -0.1) is 11.3 Å². The van der Waals surface area contributed by atoms with E-state index in [-0.39, 0.29) is 0 Å². The van der Waals surface area contributed by atoms with Crippen molar-refractivity contribution in [1.82, 2.24) is 15.3 Å². The van der Waals surface area contributed by atoms with Crippen molar-refractivity contribution >= 4 is 17.2 Å². The Hall–Kier alpha value is -1.46. The first-order valence-corrected chi connectivity index (χ1v) is 7.06. The smallest absolute Gasteiger partial charge is 0.132 e. The predicted octanol–water partition coefficient (Wildman–Crippen LogP) is 1.92. The second-order valence-corrected chi connectivity index (χ2v) is 5.32. The van der Waals surface area contributed by atoms with Crippen molar-refractivity contribution in [3.05, 3.63) is 29.4 Å². The van der Waals surface area contributed by atoms with Crippen molar-refractivity contribution in [1.29, 1.82) is 0 Å². The molecule has 18 heavy (non-hydrogen) atoms. The van der Waals surface area contributed by atoms with E-state index in [0.29, 0.717) is 0 Å². The molecular weight excluding hydrogens is 244 g/mol. The SMILES string of the molecule is Cc1nc(-c2cccs2)cc(N2CCNCC2)n1. The van der Waals surface area contributed by atoms with E-state index in [0.717, 1.165) is 43.5 Å². The minimum atomic E-state index is 0.842. The van der Waals surface area contributed by atoms with Gasteiger partial charge in [0.05, 0.1) is 10.6 Å². The number of nitrogens with one attached hydrogen (secondary N) is 1. The van der Waals surface area contributed by atoms with Gasteiger partial charge >= 0.3 is 0 Å². The Labute approximate surface area is 111 Å². The van der Waals surface area contributed by atoms with E-state index >= 15 is 0 Å². The van der Waals surface area contributed by atoms with Gasteiger partial charge in [-0.1, -0.05) is 6.07 Å². The number of piperazine rings is 1. The Kier molecular flexibility index (Phi) is 3.25. The van der Waals surface area contributed by atoms with E-state index in [1.165, 1.54) is 4.88 Å². The fourth-order valence-corrected chi connectivity index (χ4v) is 2.84. The van der Waals surface area contributed by atoms with E-state index in [1.807, 2.05) is 6.92 Å².